The van der Waals surface area contributed by atoms with E-state index in [1.165, 1.54) is 9.75 Å². The predicted octanol–water partition coefficient (Wildman–Crippen LogP) is 4.11. The van der Waals surface area contributed by atoms with Crippen LogP contribution in [0.15, 0.2) is 30.3 Å². The summed E-state index contributed by atoms with van der Waals surface area (Å²) in [5, 5.41) is 12.6. The monoisotopic (exact) mass is 289 g/mol. The van der Waals surface area contributed by atoms with Crippen LogP contribution in [0.25, 0.3) is 0 Å². The van der Waals surface area contributed by atoms with E-state index in [-0.39, 0.29) is 6.04 Å². The van der Waals surface area contributed by atoms with Crippen molar-refractivity contribution < 1.29 is 9.90 Å². The lowest BCUT2D eigenvalue weighted by Gasteiger charge is -2.16. The first kappa shape index (κ1) is 14.6. The summed E-state index contributed by atoms with van der Waals surface area (Å²) in [6.45, 7) is 6.06. The molecule has 3 nitrogen and oxygen atoms in total. The summed E-state index contributed by atoms with van der Waals surface area (Å²) >= 11 is 1.78. The molecule has 0 aliphatic heterocycles. The normalized spacial score (nSPS) is 12.2. The molecule has 1 aromatic carbocycles. The molecule has 0 spiro atoms. The van der Waals surface area contributed by atoms with Crippen LogP contribution in [0.4, 0.5) is 5.69 Å². The van der Waals surface area contributed by atoms with Gasteiger partial charge in [-0.1, -0.05) is 11.6 Å². The fourth-order valence-electron chi connectivity index (χ4n) is 2.17. The van der Waals surface area contributed by atoms with Gasteiger partial charge in [0.1, 0.15) is 0 Å². The molecule has 2 N–H and O–H groups in total. The lowest BCUT2D eigenvalue weighted by atomic mass is 10.1. The van der Waals surface area contributed by atoms with Crippen LogP contribution in [0.5, 0.6) is 0 Å². The minimum absolute atomic E-state index is 0.189. The third-order valence-corrected chi connectivity index (χ3v) is 4.13. The van der Waals surface area contributed by atoms with Crippen LogP contribution in [-0.4, -0.2) is 17.1 Å². The van der Waals surface area contributed by atoms with Gasteiger partial charge in [-0.2, -0.15) is 0 Å². The van der Waals surface area contributed by atoms with Crippen molar-refractivity contribution in [1.82, 2.24) is 0 Å². The Kier molecular flexibility index (Phi) is 4.45. The zero-order chi connectivity index (χ0) is 14.7. The molecular formula is C16H19NO2S. The summed E-state index contributed by atoms with van der Waals surface area (Å²) in [7, 11) is 0. The number of thiophene rings is 1. The lowest BCUT2D eigenvalue weighted by molar-refractivity contribution is 0.0698. The zero-order valence-electron chi connectivity index (χ0n) is 11.9. The molecule has 0 fully saturated rings. The third kappa shape index (κ3) is 3.61. The molecule has 1 aromatic heterocycles. The average molecular weight is 289 g/mol. The maximum Gasteiger partial charge on any atom is 0.337 e. The Hall–Kier alpha value is -1.81. The van der Waals surface area contributed by atoms with Gasteiger partial charge in [0, 0.05) is 27.9 Å². The smallest absolute Gasteiger partial charge is 0.337 e. The molecule has 1 atom stereocenters. The Bertz CT molecular complexity index is 619. The Morgan fingerprint density at radius 2 is 2.05 bits per heavy atom. The van der Waals surface area contributed by atoms with Gasteiger partial charge in [0.05, 0.1) is 5.56 Å². The van der Waals surface area contributed by atoms with Gasteiger partial charge in [-0.25, -0.2) is 4.79 Å². The Balaban J connectivity index is 2.11. The SMILES string of the molecule is Cc1ccc(NC(C)Cc2ccc(C)s2)c(C(=O)O)c1. The predicted molar refractivity (Wildman–Crippen MR) is 84.0 cm³/mol. The van der Waals surface area contributed by atoms with Crippen LogP contribution in [0.3, 0.4) is 0 Å². The molecule has 20 heavy (non-hydrogen) atoms. The van der Waals surface area contributed by atoms with E-state index in [2.05, 4.69) is 31.3 Å². The van der Waals surface area contributed by atoms with Gasteiger partial charge in [-0.05, 0) is 45.0 Å². The second kappa shape index (κ2) is 6.09. The minimum atomic E-state index is -0.893. The number of aromatic carboxylic acids is 1. The second-order valence-electron chi connectivity index (χ2n) is 5.12. The highest BCUT2D eigenvalue weighted by Gasteiger charge is 2.13. The fraction of sp³-hybridized carbons (Fsp3) is 0.312. The maximum atomic E-state index is 11.3. The summed E-state index contributed by atoms with van der Waals surface area (Å²) in [6.07, 6.45) is 0.894. The second-order valence-corrected chi connectivity index (χ2v) is 6.49. The van der Waals surface area contributed by atoms with E-state index in [1.807, 2.05) is 19.1 Å². The zero-order valence-corrected chi connectivity index (χ0v) is 12.8. The Morgan fingerprint density at radius 1 is 1.30 bits per heavy atom. The van der Waals surface area contributed by atoms with Crippen molar-refractivity contribution in [3.05, 3.63) is 51.2 Å². The number of rotatable bonds is 5. The van der Waals surface area contributed by atoms with Crippen molar-refractivity contribution >= 4 is 23.0 Å². The molecule has 1 heterocycles. The van der Waals surface area contributed by atoms with Crippen LogP contribution < -0.4 is 5.32 Å². The highest BCUT2D eigenvalue weighted by atomic mass is 32.1. The molecule has 0 aliphatic carbocycles. The highest BCUT2D eigenvalue weighted by molar-refractivity contribution is 7.11. The summed E-state index contributed by atoms with van der Waals surface area (Å²) in [6, 6.07) is 9.90. The first-order valence-corrected chi connectivity index (χ1v) is 7.43. The first-order valence-electron chi connectivity index (χ1n) is 6.61. The molecule has 2 rings (SSSR count). The molecule has 2 aromatic rings. The van der Waals surface area contributed by atoms with E-state index < -0.39 is 5.97 Å². The molecule has 0 amide bonds. The lowest BCUT2D eigenvalue weighted by Crippen LogP contribution is -2.19. The molecule has 0 aliphatic rings. The summed E-state index contributed by atoms with van der Waals surface area (Å²) in [5.41, 5.74) is 1.97. The number of benzene rings is 1. The minimum Gasteiger partial charge on any atom is -0.478 e. The molecule has 4 heteroatoms. The van der Waals surface area contributed by atoms with E-state index in [1.54, 1.807) is 17.4 Å². The first-order chi connectivity index (χ1) is 9.45. The molecule has 0 saturated carbocycles. The average Bonchev–Trinajstić information content (AvgIpc) is 2.76. The molecule has 0 saturated heterocycles. The molecule has 0 radical (unpaired) electrons. The van der Waals surface area contributed by atoms with Crippen LogP contribution in [0.2, 0.25) is 0 Å². The number of carboxylic acid groups (broad SMARTS) is 1. The van der Waals surface area contributed by atoms with Crippen molar-refractivity contribution in [2.75, 3.05) is 5.32 Å². The van der Waals surface area contributed by atoms with Gasteiger partial charge in [-0.3, -0.25) is 0 Å². The topological polar surface area (TPSA) is 49.3 Å². The van der Waals surface area contributed by atoms with Gasteiger partial charge in [0.15, 0.2) is 0 Å². The quantitative estimate of drug-likeness (QED) is 0.871. The number of hydrogen-bond donors (Lipinski definition) is 2. The van der Waals surface area contributed by atoms with E-state index >= 15 is 0 Å². The van der Waals surface area contributed by atoms with Crippen LogP contribution >= 0.6 is 11.3 Å². The number of aryl methyl sites for hydroxylation is 2. The molecule has 106 valence electrons. The highest BCUT2D eigenvalue weighted by Crippen LogP contribution is 2.21. The van der Waals surface area contributed by atoms with Gasteiger partial charge >= 0.3 is 5.97 Å². The number of nitrogens with one attached hydrogen (secondary N) is 1. The van der Waals surface area contributed by atoms with Gasteiger partial charge in [0.2, 0.25) is 0 Å². The molecular weight excluding hydrogens is 270 g/mol. The van der Waals surface area contributed by atoms with Crippen LogP contribution in [0, 0.1) is 13.8 Å². The Labute approximate surface area is 123 Å². The summed E-state index contributed by atoms with van der Waals surface area (Å²) < 4.78 is 0. The molecule has 1 unspecified atom stereocenters. The largest absolute Gasteiger partial charge is 0.478 e. The van der Waals surface area contributed by atoms with E-state index in [0.717, 1.165) is 12.0 Å². The van der Waals surface area contributed by atoms with Gasteiger partial charge in [0.25, 0.3) is 0 Å². The summed E-state index contributed by atoms with van der Waals surface area (Å²) in [4.78, 5) is 13.9. The van der Waals surface area contributed by atoms with Gasteiger partial charge in [-0.15, -0.1) is 11.3 Å². The number of hydrogen-bond acceptors (Lipinski definition) is 3. The van der Waals surface area contributed by atoms with Crippen molar-refractivity contribution in [3.8, 4) is 0 Å². The van der Waals surface area contributed by atoms with Crippen molar-refractivity contribution in [3.63, 3.8) is 0 Å². The van der Waals surface area contributed by atoms with E-state index in [0.29, 0.717) is 11.3 Å². The van der Waals surface area contributed by atoms with Gasteiger partial charge < -0.3 is 10.4 Å². The Morgan fingerprint density at radius 3 is 2.65 bits per heavy atom. The third-order valence-electron chi connectivity index (χ3n) is 3.11. The number of carboxylic acids is 1. The summed E-state index contributed by atoms with van der Waals surface area (Å²) in [5.74, 6) is -0.893. The molecule has 0 bridgehead atoms. The van der Waals surface area contributed by atoms with Crippen molar-refractivity contribution in [2.24, 2.45) is 0 Å². The van der Waals surface area contributed by atoms with Crippen molar-refractivity contribution in [1.29, 1.82) is 0 Å². The van der Waals surface area contributed by atoms with Crippen molar-refractivity contribution in [2.45, 2.75) is 33.2 Å². The fourth-order valence-corrected chi connectivity index (χ4v) is 3.19. The van der Waals surface area contributed by atoms with E-state index in [4.69, 9.17) is 0 Å². The van der Waals surface area contributed by atoms with Crippen LogP contribution in [-0.2, 0) is 6.42 Å². The maximum absolute atomic E-state index is 11.3. The van der Waals surface area contributed by atoms with E-state index in [9.17, 15) is 9.90 Å². The standard InChI is InChI=1S/C16H19NO2S/c1-10-4-7-15(14(8-10)16(18)19)17-11(2)9-13-6-5-12(3)20-13/h4-8,11,17H,9H2,1-3H3,(H,18,19). The van der Waals surface area contributed by atoms with Crippen LogP contribution in [0.1, 0.15) is 32.6 Å². The number of carbonyl (C=O) groups is 1. The number of anilines is 1.